The van der Waals surface area contributed by atoms with Gasteiger partial charge in [0.15, 0.2) is 4.21 Å². The van der Waals surface area contributed by atoms with Gasteiger partial charge < -0.3 is 5.73 Å². The molecule has 1 aliphatic heterocycles. The molecule has 2 rings (SSSR count). The van der Waals surface area contributed by atoms with Crippen LogP contribution in [-0.4, -0.2) is 37.3 Å². The van der Waals surface area contributed by atoms with E-state index < -0.39 is 10.0 Å². The first-order valence-corrected chi connectivity index (χ1v) is 7.76. The summed E-state index contributed by atoms with van der Waals surface area (Å²) in [7, 11) is -3.37. The summed E-state index contributed by atoms with van der Waals surface area (Å²) < 4.78 is 26.5. The number of nitrogens with zero attached hydrogens (tertiary/aromatic N) is 2. The number of hydrogen-bond donors (Lipinski definition) is 1. The van der Waals surface area contributed by atoms with E-state index in [4.69, 9.17) is 5.73 Å². The fourth-order valence-corrected chi connectivity index (χ4v) is 4.79. The minimum absolute atomic E-state index is 0. The van der Waals surface area contributed by atoms with E-state index in [1.165, 1.54) is 21.8 Å². The zero-order valence-electron chi connectivity index (χ0n) is 10.4. The number of nitrogens with two attached hydrogens (primary N) is 1. The largest absolute Gasteiger partial charge is 0.330 e. The Morgan fingerprint density at radius 3 is 2.72 bits per heavy atom. The molecule has 0 spiro atoms. The molecule has 1 aliphatic rings. The van der Waals surface area contributed by atoms with Crippen LogP contribution in [-0.2, 0) is 10.0 Å². The number of aryl methyl sites for hydroxylation is 1. The van der Waals surface area contributed by atoms with Crippen LogP contribution in [0.2, 0.25) is 0 Å². The minimum atomic E-state index is -3.37. The fourth-order valence-electron chi connectivity index (χ4n) is 1.94. The molecule has 0 aliphatic carbocycles. The van der Waals surface area contributed by atoms with Crippen LogP contribution in [0.1, 0.15) is 18.4 Å². The first-order valence-electron chi connectivity index (χ1n) is 5.50. The topological polar surface area (TPSA) is 76.3 Å². The van der Waals surface area contributed by atoms with Gasteiger partial charge in [-0.05, 0) is 25.3 Å². The molecule has 1 atom stereocenters. The van der Waals surface area contributed by atoms with Gasteiger partial charge in [-0.15, -0.1) is 23.7 Å². The standard InChI is InChI=1S/C10H17N3O2S2.ClH/c1-8-12-5-9(16-8)17(14,15)13-4-3-10(2,6-11)7-13;/h5H,3-4,6-7,11H2,1-2H3;1H. The molecule has 1 unspecified atom stereocenters. The lowest BCUT2D eigenvalue weighted by Gasteiger charge is -2.21. The average Bonchev–Trinajstić information content (AvgIpc) is 2.86. The number of sulfonamides is 1. The van der Waals surface area contributed by atoms with Crippen LogP contribution in [0.3, 0.4) is 0 Å². The molecular weight excluding hydrogens is 294 g/mol. The van der Waals surface area contributed by atoms with Crippen molar-refractivity contribution in [1.82, 2.24) is 9.29 Å². The third-order valence-electron chi connectivity index (χ3n) is 3.21. The second kappa shape index (κ2) is 5.42. The molecular formula is C10H18ClN3O2S2. The first-order chi connectivity index (χ1) is 7.87. The highest BCUT2D eigenvalue weighted by molar-refractivity contribution is 7.91. The lowest BCUT2D eigenvalue weighted by molar-refractivity contribution is 0.350. The van der Waals surface area contributed by atoms with Crippen molar-refractivity contribution in [3.8, 4) is 0 Å². The molecule has 0 aromatic carbocycles. The van der Waals surface area contributed by atoms with Gasteiger partial charge >= 0.3 is 0 Å². The number of rotatable bonds is 3. The Labute approximate surface area is 118 Å². The highest BCUT2D eigenvalue weighted by Crippen LogP contribution is 2.33. The van der Waals surface area contributed by atoms with Crippen LogP contribution in [0.5, 0.6) is 0 Å². The Morgan fingerprint density at radius 2 is 2.28 bits per heavy atom. The quantitative estimate of drug-likeness (QED) is 0.911. The van der Waals surface area contributed by atoms with Gasteiger partial charge in [-0.25, -0.2) is 13.4 Å². The summed E-state index contributed by atoms with van der Waals surface area (Å²) in [6, 6.07) is 0. The lowest BCUT2D eigenvalue weighted by atomic mass is 9.90. The van der Waals surface area contributed by atoms with Crippen molar-refractivity contribution >= 4 is 33.8 Å². The summed E-state index contributed by atoms with van der Waals surface area (Å²) in [5.41, 5.74) is 5.59. The lowest BCUT2D eigenvalue weighted by Crippen LogP contribution is -2.34. The van der Waals surface area contributed by atoms with Crippen molar-refractivity contribution in [2.24, 2.45) is 11.1 Å². The van der Waals surface area contributed by atoms with Crippen molar-refractivity contribution < 1.29 is 8.42 Å². The van der Waals surface area contributed by atoms with Crippen LogP contribution in [0, 0.1) is 12.3 Å². The highest BCUT2D eigenvalue weighted by Gasteiger charge is 2.39. The molecule has 1 aromatic rings. The van der Waals surface area contributed by atoms with Gasteiger partial charge in [-0.3, -0.25) is 0 Å². The SMILES string of the molecule is Cc1ncc(S(=O)(=O)N2CCC(C)(CN)C2)s1.Cl. The number of hydrogen-bond acceptors (Lipinski definition) is 5. The molecule has 1 fully saturated rings. The van der Waals surface area contributed by atoms with Crippen LogP contribution < -0.4 is 5.73 Å². The van der Waals surface area contributed by atoms with Crippen LogP contribution in [0.4, 0.5) is 0 Å². The van der Waals surface area contributed by atoms with Crippen LogP contribution in [0.25, 0.3) is 0 Å². The summed E-state index contributed by atoms with van der Waals surface area (Å²) in [4.78, 5) is 4.00. The van der Waals surface area contributed by atoms with E-state index in [2.05, 4.69) is 4.98 Å². The summed E-state index contributed by atoms with van der Waals surface area (Å²) in [6.45, 7) is 5.40. The van der Waals surface area contributed by atoms with Gasteiger partial charge in [-0.2, -0.15) is 4.31 Å². The predicted molar refractivity (Wildman–Crippen MR) is 74.6 cm³/mol. The van der Waals surface area contributed by atoms with E-state index in [9.17, 15) is 8.42 Å². The fraction of sp³-hybridized carbons (Fsp3) is 0.700. The van der Waals surface area contributed by atoms with E-state index >= 15 is 0 Å². The van der Waals surface area contributed by atoms with Crippen molar-refractivity contribution in [2.75, 3.05) is 19.6 Å². The third-order valence-corrected chi connectivity index (χ3v) is 6.40. The van der Waals surface area contributed by atoms with Gasteiger partial charge in [0.05, 0.1) is 11.2 Å². The summed E-state index contributed by atoms with van der Waals surface area (Å²) in [5.74, 6) is 0. The van der Waals surface area contributed by atoms with Gasteiger partial charge in [0.2, 0.25) is 0 Å². The number of aromatic nitrogens is 1. The van der Waals surface area contributed by atoms with Crippen molar-refractivity contribution in [3.05, 3.63) is 11.2 Å². The summed E-state index contributed by atoms with van der Waals surface area (Å²) in [5, 5.41) is 0.768. The second-order valence-electron chi connectivity index (χ2n) is 4.80. The Hall–Kier alpha value is -0.210. The molecule has 0 amide bonds. The molecule has 1 saturated heterocycles. The molecule has 1 aromatic heterocycles. The molecule has 8 heteroatoms. The normalized spacial score (nSPS) is 25.1. The molecule has 2 N–H and O–H groups in total. The van der Waals surface area contributed by atoms with Crippen LogP contribution >= 0.6 is 23.7 Å². The smallest absolute Gasteiger partial charge is 0.254 e. The van der Waals surface area contributed by atoms with E-state index in [1.807, 2.05) is 6.92 Å². The minimum Gasteiger partial charge on any atom is -0.330 e. The maximum absolute atomic E-state index is 12.3. The van der Waals surface area contributed by atoms with Crippen molar-refractivity contribution in [1.29, 1.82) is 0 Å². The Balaban J connectivity index is 0.00000162. The zero-order chi connectivity index (χ0) is 12.7. The van der Waals surface area contributed by atoms with Gasteiger partial charge in [-0.1, -0.05) is 6.92 Å². The predicted octanol–water partition coefficient (Wildman–Crippen LogP) is 1.23. The molecule has 18 heavy (non-hydrogen) atoms. The molecule has 0 radical (unpaired) electrons. The maximum Gasteiger partial charge on any atom is 0.254 e. The monoisotopic (exact) mass is 311 g/mol. The Bertz CT molecular complexity index is 517. The Kier molecular flexibility index (Phi) is 4.77. The number of halogens is 1. The summed E-state index contributed by atoms with van der Waals surface area (Å²) in [6.07, 6.45) is 2.26. The Morgan fingerprint density at radius 1 is 1.61 bits per heavy atom. The zero-order valence-corrected chi connectivity index (χ0v) is 12.9. The second-order valence-corrected chi connectivity index (χ2v) is 8.20. The molecule has 104 valence electrons. The average molecular weight is 312 g/mol. The van der Waals surface area contributed by atoms with E-state index in [0.717, 1.165) is 11.4 Å². The van der Waals surface area contributed by atoms with Crippen molar-refractivity contribution in [2.45, 2.75) is 24.5 Å². The maximum atomic E-state index is 12.3. The van der Waals surface area contributed by atoms with Gasteiger partial charge in [0, 0.05) is 13.1 Å². The molecule has 0 saturated carbocycles. The number of thiazole rings is 1. The van der Waals surface area contributed by atoms with E-state index in [-0.39, 0.29) is 17.8 Å². The highest BCUT2D eigenvalue weighted by atomic mass is 35.5. The summed E-state index contributed by atoms with van der Waals surface area (Å²) >= 11 is 1.22. The molecule has 0 bridgehead atoms. The van der Waals surface area contributed by atoms with E-state index in [1.54, 1.807) is 6.92 Å². The third kappa shape index (κ3) is 2.85. The molecule has 2 heterocycles. The van der Waals surface area contributed by atoms with Gasteiger partial charge in [0.1, 0.15) is 0 Å². The van der Waals surface area contributed by atoms with Crippen LogP contribution in [0.15, 0.2) is 10.4 Å². The van der Waals surface area contributed by atoms with Crippen molar-refractivity contribution in [3.63, 3.8) is 0 Å². The molecule has 5 nitrogen and oxygen atoms in total. The van der Waals surface area contributed by atoms with Gasteiger partial charge in [0.25, 0.3) is 10.0 Å². The first kappa shape index (κ1) is 15.8. The van der Waals surface area contributed by atoms with E-state index in [0.29, 0.717) is 23.8 Å².